The summed E-state index contributed by atoms with van der Waals surface area (Å²) < 4.78 is 7.21. The van der Waals surface area contributed by atoms with Crippen LogP contribution in [-0.4, -0.2) is 26.2 Å². The van der Waals surface area contributed by atoms with E-state index in [-0.39, 0.29) is 0 Å². The maximum absolute atomic E-state index is 5.25. The van der Waals surface area contributed by atoms with Crippen LogP contribution in [0.15, 0.2) is 10.7 Å². The van der Waals surface area contributed by atoms with Gasteiger partial charge in [0.15, 0.2) is 5.82 Å². The maximum atomic E-state index is 5.25. The number of aryl methyl sites for hydroxylation is 1. The number of nitrogens with zero attached hydrogens (tertiary/aromatic N) is 4. The highest BCUT2D eigenvalue weighted by Crippen LogP contribution is 2.22. The van der Waals surface area contributed by atoms with Gasteiger partial charge in [-0.15, -0.1) is 0 Å². The second-order valence-electron chi connectivity index (χ2n) is 3.82. The summed E-state index contributed by atoms with van der Waals surface area (Å²) in [5, 5.41) is 8.26. The standard InChI is InChI=1S/C11H16N4OS/c1-4-5-15-8(2)9(6-12-15)11-13-10(7-17-3)14-16-11/h6H,4-5,7H2,1-3H3. The lowest BCUT2D eigenvalue weighted by atomic mass is 10.2. The molecule has 0 aliphatic heterocycles. The fourth-order valence-electron chi connectivity index (χ4n) is 1.64. The van der Waals surface area contributed by atoms with E-state index in [1.165, 1.54) is 0 Å². The van der Waals surface area contributed by atoms with E-state index in [9.17, 15) is 0 Å². The van der Waals surface area contributed by atoms with Crippen LogP contribution in [0.1, 0.15) is 24.9 Å². The first-order valence-corrected chi connectivity index (χ1v) is 7.00. The van der Waals surface area contributed by atoms with Crippen LogP contribution in [-0.2, 0) is 12.3 Å². The Labute approximate surface area is 105 Å². The Morgan fingerprint density at radius 3 is 3.00 bits per heavy atom. The van der Waals surface area contributed by atoms with E-state index in [4.69, 9.17) is 4.52 Å². The molecule has 17 heavy (non-hydrogen) atoms. The molecule has 0 unspecified atom stereocenters. The van der Waals surface area contributed by atoms with Gasteiger partial charge in [-0.05, 0) is 19.6 Å². The van der Waals surface area contributed by atoms with Crippen molar-refractivity contribution in [3.8, 4) is 11.5 Å². The zero-order chi connectivity index (χ0) is 12.3. The third-order valence-corrected chi connectivity index (χ3v) is 3.06. The van der Waals surface area contributed by atoms with E-state index >= 15 is 0 Å². The molecule has 2 aromatic heterocycles. The lowest BCUT2D eigenvalue weighted by Crippen LogP contribution is -2.00. The molecule has 2 rings (SSSR count). The summed E-state index contributed by atoms with van der Waals surface area (Å²) in [4.78, 5) is 4.35. The Kier molecular flexibility index (Phi) is 3.83. The van der Waals surface area contributed by atoms with Crippen LogP contribution in [0.25, 0.3) is 11.5 Å². The molecule has 0 saturated carbocycles. The van der Waals surface area contributed by atoms with E-state index in [0.717, 1.165) is 35.8 Å². The number of rotatable bonds is 5. The van der Waals surface area contributed by atoms with Crippen LogP contribution in [0.2, 0.25) is 0 Å². The first-order valence-electron chi connectivity index (χ1n) is 5.60. The molecule has 0 fully saturated rings. The van der Waals surface area contributed by atoms with E-state index in [0.29, 0.717) is 5.89 Å². The van der Waals surface area contributed by atoms with Crippen molar-refractivity contribution in [1.29, 1.82) is 0 Å². The molecule has 0 aliphatic carbocycles. The monoisotopic (exact) mass is 252 g/mol. The van der Waals surface area contributed by atoms with Crippen LogP contribution in [0.5, 0.6) is 0 Å². The molecular weight excluding hydrogens is 236 g/mol. The summed E-state index contributed by atoms with van der Waals surface area (Å²) in [5.74, 6) is 2.06. The third-order valence-electron chi connectivity index (χ3n) is 2.51. The van der Waals surface area contributed by atoms with Gasteiger partial charge in [0.25, 0.3) is 5.89 Å². The zero-order valence-electron chi connectivity index (χ0n) is 10.3. The largest absolute Gasteiger partial charge is 0.334 e. The highest BCUT2D eigenvalue weighted by molar-refractivity contribution is 7.97. The average molecular weight is 252 g/mol. The second kappa shape index (κ2) is 5.35. The summed E-state index contributed by atoms with van der Waals surface area (Å²) in [6.07, 6.45) is 4.87. The van der Waals surface area contributed by atoms with E-state index in [1.807, 2.05) is 17.9 Å². The molecule has 0 bridgehead atoms. The van der Waals surface area contributed by atoms with Gasteiger partial charge >= 0.3 is 0 Å². The number of hydrogen-bond donors (Lipinski definition) is 0. The molecule has 2 heterocycles. The van der Waals surface area contributed by atoms with Gasteiger partial charge in [0.05, 0.1) is 17.5 Å². The maximum Gasteiger partial charge on any atom is 0.261 e. The van der Waals surface area contributed by atoms with Gasteiger partial charge in [0, 0.05) is 12.2 Å². The molecular formula is C11H16N4OS. The lowest BCUT2D eigenvalue weighted by Gasteiger charge is -2.00. The van der Waals surface area contributed by atoms with Gasteiger partial charge in [-0.2, -0.15) is 21.8 Å². The molecule has 92 valence electrons. The predicted molar refractivity (Wildman–Crippen MR) is 67.8 cm³/mol. The molecule has 0 amide bonds. The first kappa shape index (κ1) is 12.2. The van der Waals surface area contributed by atoms with Gasteiger partial charge in [0.2, 0.25) is 0 Å². The molecule has 2 aromatic rings. The fourth-order valence-corrected chi connectivity index (χ4v) is 2.02. The Morgan fingerprint density at radius 2 is 2.29 bits per heavy atom. The van der Waals surface area contributed by atoms with Crippen LogP contribution >= 0.6 is 11.8 Å². The normalized spacial score (nSPS) is 11.0. The Hall–Kier alpha value is -1.30. The molecule has 0 aromatic carbocycles. The third kappa shape index (κ3) is 2.52. The van der Waals surface area contributed by atoms with Crippen molar-refractivity contribution in [1.82, 2.24) is 19.9 Å². The number of thioether (sulfide) groups is 1. The quantitative estimate of drug-likeness (QED) is 0.818. The van der Waals surface area contributed by atoms with Gasteiger partial charge in [-0.25, -0.2) is 0 Å². The SMILES string of the molecule is CCCn1ncc(-c2nc(CSC)no2)c1C. The van der Waals surface area contributed by atoms with Gasteiger partial charge < -0.3 is 4.52 Å². The van der Waals surface area contributed by atoms with Crippen molar-refractivity contribution >= 4 is 11.8 Å². The average Bonchev–Trinajstić information content (AvgIpc) is 2.89. The topological polar surface area (TPSA) is 56.7 Å². The summed E-state index contributed by atoms with van der Waals surface area (Å²) in [6, 6.07) is 0. The van der Waals surface area contributed by atoms with Gasteiger partial charge in [-0.1, -0.05) is 12.1 Å². The van der Waals surface area contributed by atoms with Crippen molar-refractivity contribution in [2.45, 2.75) is 32.6 Å². The highest BCUT2D eigenvalue weighted by atomic mass is 32.2. The summed E-state index contributed by atoms with van der Waals surface area (Å²) in [6.45, 7) is 5.07. The molecule has 5 nitrogen and oxygen atoms in total. The fraction of sp³-hybridized carbons (Fsp3) is 0.545. The molecule has 0 spiro atoms. The van der Waals surface area contributed by atoms with Crippen LogP contribution < -0.4 is 0 Å². The van der Waals surface area contributed by atoms with Crippen molar-refractivity contribution in [3.05, 3.63) is 17.7 Å². The van der Waals surface area contributed by atoms with Crippen molar-refractivity contribution < 1.29 is 4.52 Å². The summed E-state index contributed by atoms with van der Waals surface area (Å²) in [5.41, 5.74) is 2.00. The van der Waals surface area contributed by atoms with Crippen molar-refractivity contribution in [2.75, 3.05) is 6.26 Å². The van der Waals surface area contributed by atoms with E-state index in [1.54, 1.807) is 18.0 Å². The van der Waals surface area contributed by atoms with E-state index in [2.05, 4.69) is 22.2 Å². The smallest absolute Gasteiger partial charge is 0.261 e. The van der Waals surface area contributed by atoms with Crippen molar-refractivity contribution in [2.24, 2.45) is 0 Å². The Balaban J connectivity index is 2.26. The summed E-state index contributed by atoms with van der Waals surface area (Å²) in [7, 11) is 0. The number of hydrogen-bond acceptors (Lipinski definition) is 5. The van der Waals surface area contributed by atoms with E-state index < -0.39 is 0 Å². The van der Waals surface area contributed by atoms with Crippen LogP contribution in [0, 0.1) is 6.92 Å². The van der Waals surface area contributed by atoms with Gasteiger partial charge in [-0.3, -0.25) is 4.68 Å². The second-order valence-corrected chi connectivity index (χ2v) is 4.68. The zero-order valence-corrected chi connectivity index (χ0v) is 11.1. The predicted octanol–water partition coefficient (Wildman–Crippen LogP) is 2.51. The Bertz CT molecular complexity index is 491. The molecule has 0 N–H and O–H groups in total. The Morgan fingerprint density at radius 1 is 1.47 bits per heavy atom. The molecule has 6 heteroatoms. The number of aromatic nitrogens is 4. The van der Waals surface area contributed by atoms with Crippen LogP contribution in [0.4, 0.5) is 0 Å². The minimum atomic E-state index is 0.564. The first-order chi connectivity index (χ1) is 8.26. The minimum absolute atomic E-state index is 0.564. The van der Waals surface area contributed by atoms with Crippen LogP contribution in [0.3, 0.4) is 0 Å². The summed E-state index contributed by atoms with van der Waals surface area (Å²) >= 11 is 1.67. The molecule has 0 saturated heterocycles. The van der Waals surface area contributed by atoms with Crippen molar-refractivity contribution in [3.63, 3.8) is 0 Å². The molecule has 0 aliphatic rings. The van der Waals surface area contributed by atoms with Gasteiger partial charge in [0.1, 0.15) is 0 Å². The lowest BCUT2D eigenvalue weighted by molar-refractivity contribution is 0.425. The molecule has 0 radical (unpaired) electrons. The molecule has 0 atom stereocenters. The highest BCUT2D eigenvalue weighted by Gasteiger charge is 2.14. The minimum Gasteiger partial charge on any atom is -0.334 e.